The third kappa shape index (κ3) is 7.57. The van der Waals surface area contributed by atoms with Crippen LogP contribution in [0.5, 0.6) is 17.2 Å². The molecule has 1 amide bonds. The summed E-state index contributed by atoms with van der Waals surface area (Å²) in [5.74, 6) is -3.42. The van der Waals surface area contributed by atoms with Crippen molar-refractivity contribution in [1.29, 1.82) is 5.41 Å². The first kappa shape index (κ1) is 43.0. The Labute approximate surface area is 340 Å². The molecule has 4 bridgehead atoms. The molecule has 0 saturated heterocycles. The number of nitrogens with zero attached hydrogens (tertiary/aromatic N) is 2. The number of anilines is 1. The van der Waals surface area contributed by atoms with Crippen molar-refractivity contribution in [1.82, 2.24) is 0 Å². The van der Waals surface area contributed by atoms with Gasteiger partial charge in [0.1, 0.15) is 28.6 Å². The predicted octanol–water partition coefficient (Wildman–Crippen LogP) is 6.00. The first-order chi connectivity index (χ1) is 27.4. The van der Waals surface area contributed by atoms with Crippen LogP contribution in [0, 0.1) is 36.0 Å². The summed E-state index contributed by atoms with van der Waals surface area (Å²) in [7, 11) is 1.57. The number of allylic oxidation sites excluding steroid dienone is 2. The van der Waals surface area contributed by atoms with E-state index in [4.69, 9.17) is 24.2 Å². The second-order valence-corrected chi connectivity index (χ2v) is 17.0. The van der Waals surface area contributed by atoms with E-state index in [0.29, 0.717) is 57.8 Å². The van der Waals surface area contributed by atoms with Crippen LogP contribution in [-0.2, 0) is 19.1 Å². The summed E-state index contributed by atoms with van der Waals surface area (Å²) in [6.45, 7) is 13.7. The summed E-state index contributed by atoms with van der Waals surface area (Å²) in [5.41, 5.74) is -0.873. The Bertz CT molecular complexity index is 2210. The fourth-order valence-electron chi connectivity index (χ4n) is 9.33. The molecule has 3 heterocycles. The third-order valence-electron chi connectivity index (χ3n) is 13.0. The van der Waals surface area contributed by atoms with Gasteiger partial charge in [0.25, 0.3) is 5.91 Å². The Hall–Kier alpha value is -4.59. The quantitative estimate of drug-likeness (QED) is 0.122. The lowest BCUT2D eigenvalue weighted by Gasteiger charge is -2.39. The zero-order valence-electron chi connectivity index (χ0n) is 35.2. The number of carbonyl (C=O) groups is 2. The first-order valence-electron chi connectivity index (χ1n) is 20.6. The molecule has 58 heavy (non-hydrogen) atoms. The van der Waals surface area contributed by atoms with Gasteiger partial charge in [-0.2, -0.15) is 0 Å². The van der Waals surface area contributed by atoms with E-state index in [1.165, 1.54) is 6.92 Å². The number of hydrogen-bond acceptors (Lipinski definition) is 12. The number of esters is 1. The van der Waals surface area contributed by atoms with Gasteiger partial charge < -0.3 is 45.4 Å². The van der Waals surface area contributed by atoms with Crippen molar-refractivity contribution in [2.24, 2.45) is 33.7 Å². The molecule has 3 aliphatic heterocycles. The molecule has 13 nitrogen and oxygen atoms in total. The fraction of sp³-hybridized carbons (Fsp3) is 0.578. The van der Waals surface area contributed by atoms with E-state index in [2.05, 4.69) is 5.32 Å². The van der Waals surface area contributed by atoms with E-state index in [-0.39, 0.29) is 34.7 Å². The van der Waals surface area contributed by atoms with Crippen LogP contribution in [0.25, 0.3) is 10.8 Å². The maximum atomic E-state index is 13.8. The maximum Gasteiger partial charge on any atom is 0.302 e. The number of ether oxygens (including phenoxy) is 3. The Balaban J connectivity index is 1.56. The number of benzene rings is 2. The van der Waals surface area contributed by atoms with E-state index < -0.39 is 71.2 Å². The highest BCUT2D eigenvalue weighted by Crippen LogP contribution is 2.50. The SMILES string of the molecule is CC[C@H]1[C@@H](OC(C)=O)[C@H](C)[C@H](O)[C@H](C)[C@@H](O)[C@@H](C)/C=C/C=C(/C)C(=O)Nc2c(O)c3c(O)c(C)c4c(c3c3c2=NC2(CCCCC2)N=3)C(=N)[C@@](C)(C/C=C/[C@@H]1OC)O4. The van der Waals surface area contributed by atoms with Crippen LogP contribution in [0.15, 0.2) is 45.9 Å². The molecule has 1 fully saturated rings. The number of phenols is 2. The van der Waals surface area contributed by atoms with Crippen LogP contribution in [0.4, 0.5) is 5.69 Å². The number of hydrogen-bond donors (Lipinski definition) is 6. The minimum atomic E-state index is -1.22. The van der Waals surface area contributed by atoms with Gasteiger partial charge in [-0.25, -0.2) is 0 Å². The lowest BCUT2D eigenvalue weighted by molar-refractivity contribution is -0.161. The normalized spacial score (nSPS) is 33.4. The summed E-state index contributed by atoms with van der Waals surface area (Å²) < 4.78 is 18.5. The number of fused-ring (bicyclic) bond motifs is 1. The summed E-state index contributed by atoms with van der Waals surface area (Å²) in [5, 5.41) is 60.6. The van der Waals surface area contributed by atoms with Crippen molar-refractivity contribution >= 4 is 34.0 Å². The second kappa shape index (κ2) is 16.6. The van der Waals surface area contributed by atoms with E-state index >= 15 is 0 Å². The third-order valence-corrected chi connectivity index (χ3v) is 13.0. The Morgan fingerprint density at radius 3 is 2.31 bits per heavy atom. The van der Waals surface area contributed by atoms with Gasteiger partial charge in [-0.15, -0.1) is 0 Å². The molecule has 1 aliphatic carbocycles. The highest BCUT2D eigenvalue weighted by atomic mass is 16.5. The highest BCUT2D eigenvalue weighted by molar-refractivity contribution is 6.21. The Morgan fingerprint density at radius 2 is 1.67 bits per heavy atom. The molecule has 6 rings (SSSR count). The van der Waals surface area contributed by atoms with Crippen LogP contribution in [0.1, 0.15) is 105 Å². The first-order valence-corrected chi connectivity index (χ1v) is 20.6. The minimum absolute atomic E-state index is 0.0274. The van der Waals surface area contributed by atoms with Crippen molar-refractivity contribution < 1.29 is 44.2 Å². The number of nitrogens with one attached hydrogen (secondary N) is 2. The van der Waals surface area contributed by atoms with Gasteiger partial charge in [0, 0.05) is 60.6 Å². The molecular weight excluding hydrogens is 741 g/mol. The predicted molar refractivity (Wildman–Crippen MR) is 221 cm³/mol. The molecule has 314 valence electrons. The number of amides is 1. The van der Waals surface area contributed by atoms with Crippen molar-refractivity contribution in [3.63, 3.8) is 0 Å². The molecule has 9 atom stereocenters. The number of rotatable bonds is 3. The number of aromatic hydroxyl groups is 2. The summed E-state index contributed by atoms with van der Waals surface area (Å²) >= 11 is 0. The standard InChI is InChI=1S/C45H60N4O9/c1-10-28-29(56-9)18-15-19-44(8)42(46)32-30-31(38(53)26(6)41(32)58-44)39(54)35(34-33(30)48-45(49-34)20-12-11-13-21-45)47-43(55)23(3)17-14-16-22(2)36(51)24(4)37(52)25(5)40(28)57-27(7)50/h14-18,22,24-25,28-29,36-37,40,46,51-54H,10-13,19-21H2,1-9H3,(H,47,55)/b16-14+,18-15+,23-17-,46-42?/t22-,24+,25+,28+,29-,36-,37+,40-,44+/m0/s1. The van der Waals surface area contributed by atoms with Gasteiger partial charge in [-0.05, 0) is 52.9 Å². The van der Waals surface area contributed by atoms with Gasteiger partial charge in [0.15, 0.2) is 17.0 Å². The van der Waals surface area contributed by atoms with Crippen LogP contribution in [0.3, 0.4) is 0 Å². The van der Waals surface area contributed by atoms with Gasteiger partial charge in [0.05, 0.1) is 40.3 Å². The highest BCUT2D eigenvalue weighted by Gasteiger charge is 2.46. The van der Waals surface area contributed by atoms with Crippen molar-refractivity contribution in [3.8, 4) is 17.2 Å². The second-order valence-electron chi connectivity index (χ2n) is 17.0. The fourth-order valence-corrected chi connectivity index (χ4v) is 9.33. The topological polar surface area (TPSA) is 203 Å². The average Bonchev–Trinajstić information content (AvgIpc) is 3.68. The number of methoxy groups -OCH3 is 1. The van der Waals surface area contributed by atoms with Gasteiger partial charge in [-0.1, -0.05) is 64.5 Å². The number of carbonyl (C=O) groups excluding carboxylic acids is 2. The van der Waals surface area contributed by atoms with Gasteiger partial charge in [-0.3, -0.25) is 19.6 Å². The van der Waals surface area contributed by atoms with Crippen LogP contribution in [0.2, 0.25) is 0 Å². The monoisotopic (exact) mass is 800 g/mol. The van der Waals surface area contributed by atoms with Gasteiger partial charge in [0.2, 0.25) is 0 Å². The summed E-state index contributed by atoms with van der Waals surface area (Å²) in [6.07, 6.45) is 10.3. The molecule has 0 radical (unpaired) electrons. The molecule has 1 spiro atoms. The van der Waals surface area contributed by atoms with Crippen molar-refractivity contribution in [3.05, 3.63) is 57.8 Å². The number of aliphatic hydroxyl groups excluding tert-OH is 2. The number of aliphatic hydroxyl groups is 2. The largest absolute Gasteiger partial charge is 0.507 e. The van der Waals surface area contributed by atoms with E-state index in [0.717, 1.165) is 19.3 Å². The van der Waals surface area contributed by atoms with E-state index in [1.807, 2.05) is 26.0 Å². The lowest BCUT2D eigenvalue weighted by atomic mass is 9.77. The van der Waals surface area contributed by atoms with Crippen molar-refractivity contribution in [2.45, 2.75) is 136 Å². The Kier molecular flexibility index (Phi) is 12.3. The van der Waals surface area contributed by atoms with Crippen molar-refractivity contribution in [2.75, 3.05) is 12.4 Å². The van der Waals surface area contributed by atoms with E-state index in [1.54, 1.807) is 60.0 Å². The van der Waals surface area contributed by atoms with E-state index in [9.17, 15) is 35.4 Å². The Morgan fingerprint density at radius 1 is 1.00 bits per heavy atom. The maximum absolute atomic E-state index is 13.8. The molecule has 2 aromatic rings. The van der Waals surface area contributed by atoms with Crippen LogP contribution >= 0.6 is 0 Å². The molecule has 0 aromatic heterocycles. The molecule has 4 aliphatic rings. The zero-order chi connectivity index (χ0) is 42.4. The smallest absolute Gasteiger partial charge is 0.302 e. The summed E-state index contributed by atoms with van der Waals surface area (Å²) in [6, 6.07) is 0. The average molecular weight is 801 g/mol. The van der Waals surface area contributed by atoms with Crippen LogP contribution in [-0.4, -0.2) is 80.8 Å². The molecule has 0 unspecified atom stereocenters. The molecule has 1 saturated carbocycles. The van der Waals surface area contributed by atoms with Gasteiger partial charge >= 0.3 is 5.97 Å². The minimum Gasteiger partial charge on any atom is -0.507 e. The summed E-state index contributed by atoms with van der Waals surface area (Å²) in [4.78, 5) is 36.6. The zero-order valence-corrected chi connectivity index (χ0v) is 35.2. The molecule has 2 aromatic carbocycles. The molecule has 13 heteroatoms. The molecule has 6 N–H and O–H groups in total. The molecular formula is C45H60N4O9. The van der Waals surface area contributed by atoms with Crippen LogP contribution < -0.4 is 20.8 Å². The number of phenolic OH excluding ortho intramolecular Hbond substituents is 2. The lowest BCUT2D eigenvalue weighted by Crippen LogP contribution is -2.47.